The number of rotatable bonds is 6. The third-order valence-electron chi connectivity index (χ3n) is 9.61. The minimum atomic E-state index is -0.700. The fourth-order valence-corrected chi connectivity index (χ4v) is 7.27. The molecule has 8 bridgehead atoms. The van der Waals surface area contributed by atoms with Crippen LogP contribution in [0.3, 0.4) is 0 Å². The van der Waals surface area contributed by atoms with Crippen molar-refractivity contribution >= 4 is 23.1 Å². The van der Waals surface area contributed by atoms with Gasteiger partial charge < -0.3 is 20.3 Å². The van der Waals surface area contributed by atoms with Gasteiger partial charge in [-0.3, -0.25) is 4.79 Å². The number of nitrogens with one attached hydrogen (secondary N) is 1. The first-order chi connectivity index (χ1) is 20.6. The van der Waals surface area contributed by atoms with Gasteiger partial charge in [-0.15, -0.1) is 0 Å². The van der Waals surface area contributed by atoms with Crippen LogP contribution in [0.5, 0.6) is 0 Å². The second kappa shape index (κ2) is 10.9. The van der Waals surface area contributed by atoms with Gasteiger partial charge in [-0.25, -0.2) is 15.0 Å². The molecular weight excluding hydrogens is 540 g/mol. The van der Waals surface area contributed by atoms with Crippen molar-refractivity contribution in [3.05, 3.63) is 91.5 Å². The van der Waals surface area contributed by atoms with E-state index in [0.717, 1.165) is 97.5 Å². The Morgan fingerprint density at radius 3 is 2.42 bits per heavy atom. The smallest absolute Gasteiger partial charge is 0.305 e. The highest BCUT2D eigenvalue weighted by Crippen LogP contribution is 2.47. The summed E-state index contributed by atoms with van der Waals surface area (Å²) in [5, 5.41) is 25.8. The van der Waals surface area contributed by atoms with E-state index in [0.29, 0.717) is 18.6 Å². The first-order valence-corrected chi connectivity index (χ1v) is 15.3. The molecule has 6 rings (SSSR count). The second-order valence-corrected chi connectivity index (χ2v) is 12.0. The van der Waals surface area contributed by atoms with Gasteiger partial charge in [0.15, 0.2) is 0 Å². The first-order valence-electron chi connectivity index (χ1n) is 15.3. The Morgan fingerprint density at radius 2 is 1.74 bits per heavy atom. The van der Waals surface area contributed by atoms with E-state index in [1.54, 1.807) is 6.92 Å². The van der Waals surface area contributed by atoms with Gasteiger partial charge in [0.05, 0.1) is 47.4 Å². The molecule has 8 heteroatoms. The molecule has 0 spiro atoms. The average Bonchev–Trinajstić information content (AvgIpc) is 3.73. The van der Waals surface area contributed by atoms with Gasteiger partial charge in [0, 0.05) is 52.8 Å². The van der Waals surface area contributed by atoms with Crippen LogP contribution in [-0.4, -0.2) is 46.5 Å². The molecule has 6 aliphatic rings. The van der Waals surface area contributed by atoms with Gasteiger partial charge in [0.25, 0.3) is 0 Å². The van der Waals surface area contributed by atoms with Gasteiger partial charge in [0.1, 0.15) is 5.76 Å². The fraction of sp³-hybridized carbons (Fsp3) is 0.429. The summed E-state index contributed by atoms with van der Waals surface area (Å²) in [7, 11) is 1.42. The highest BCUT2D eigenvalue weighted by molar-refractivity contribution is 6.21. The molecule has 0 radical (unpaired) electrons. The Kier molecular flexibility index (Phi) is 7.37. The number of nitrogens with zero attached hydrogens (tertiary/aromatic N) is 3. The molecule has 0 aromatic rings. The topological polar surface area (TPSA) is 116 Å². The average molecular weight is 581 g/mol. The molecule has 0 aromatic heterocycles. The number of fused-ring (bicyclic) bond motifs is 5. The minimum Gasteiger partial charge on any atom is -0.511 e. The summed E-state index contributed by atoms with van der Waals surface area (Å²) in [5.41, 5.74) is 13.6. The van der Waals surface area contributed by atoms with E-state index in [1.165, 1.54) is 7.11 Å². The summed E-state index contributed by atoms with van der Waals surface area (Å²) < 4.78 is 4.98. The maximum absolute atomic E-state index is 12.2. The van der Waals surface area contributed by atoms with Crippen LogP contribution in [0.2, 0.25) is 0 Å². The molecule has 5 heterocycles. The second-order valence-electron chi connectivity index (χ2n) is 12.0. The summed E-state index contributed by atoms with van der Waals surface area (Å²) in [6.45, 7) is 12.2. The van der Waals surface area contributed by atoms with Gasteiger partial charge in [0.2, 0.25) is 0 Å². The van der Waals surface area contributed by atoms with Crippen molar-refractivity contribution in [2.75, 3.05) is 7.11 Å². The molecule has 5 aliphatic heterocycles. The van der Waals surface area contributed by atoms with E-state index < -0.39 is 6.10 Å². The largest absolute Gasteiger partial charge is 0.511 e. The first kappa shape index (κ1) is 29.1. The number of carbonyl (C=O) groups is 1. The molecule has 43 heavy (non-hydrogen) atoms. The van der Waals surface area contributed by atoms with E-state index in [-0.39, 0.29) is 24.2 Å². The quantitative estimate of drug-likeness (QED) is 0.315. The molecule has 3 N–H and O–H groups in total. The van der Waals surface area contributed by atoms with Crippen molar-refractivity contribution in [3.8, 4) is 0 Å². The van der Waals surface area contributed by atoms with E-state index in [4.69, 9.17) is 19.7 Å². The molecule has 3 atom stereocenters. The van der Waals surface area contributed by atoms with E-state index >= 15 is 0 Å². The lowest BCUT2D eigenvalue weighted by Gasteiger charge is -2.17. The molecule has 224 valence electrons. The third kappa shape index (κ3) is 4.63. The van der Waals surface area contributed by atoms with Crippen LogP contribution >= 0.6 is 0 Å². The van der Waals surface area contributed by atoms with Gasteiger partial charge in [-0.2, -0.15) is 0 Å². The Hall–Kier alpha value is -4.04. The summed E-state index contributed by atoms with van der Waals surface area (Å²) in [4.78, 5) is 27.5. The molecule has 0 aromatic carbocycles. The number of allylic oxidation sites excluding steroid dienone is 11. The molecule has 0 saturated carbocycles. The predicted molar refractivity (Wildman–Crippen MR) is 170 cm³/mol. The van der Waals surface area contributed by atoms with E-state index in [2.05, 4.69) is 45.2 Å². The monoisotopic (exact) mass is 580 g/mol. The zero-order valence-corrected chi connectivity index (χ0v) is 26.1. The zero-order chi connectivity index (χ0) is 30.7. The molecule has 1 aliphatic carbocycles. The lowest BCUT2D eigenvalue weighted by molar-refractivity contribution is -0.140. The standard InChI is InChI=1S/C35H40N4O4/c1-8-20-16(3)24-14-29-32(19(6)40)18(5)26(37-29)13-25-17(4)22(10-11-31(42)43-7)34(38-25)23-12-30(41)33-21(9-2)28(39-35(23)33)15-27(20)36-24/h13-15,17,19,22,38,40-41H,8-12H2,1-7H3/t17-,19?,22-/m0/s1. The van der Waals surface area contributed by atoms with Crippen LogP contribution in [0.4, 0.5) is 0 Å². The van der Waals surface area contributed by atoms with Crippen LogP contribution in [0.15, 0.2) is 106 Å². The van der Waals surface area contributed by atoms with Crippen LogP contribution in [0.25, 0.3) is 0 Å². The number of aliphatic hydroxyl groups excluding tert-OH is 2. The Bertz CT molecular complexity index is 1700. The maximum Gasteiger partial charge on any atom is 0.305 e. The van der Waals surface area contributed by atoms with Crippen molar-refractivity contribution in [2.24, 2.45) is 26.8 Å². The van der Waals surface area contributed by atoms with Crippen LogP contribution in [0, 0.1) is 11.8 Å². The van der Waals surface area contributed by atoms with Crippen molar-refractivity contribution in [1.82, 2.24) is 5.32 Å². The molecule has 1 saturated heterocycles. The van der Waals surface area contributed by atoms with Gasteiger partial charge in [-0.1, -0.05) is 20.8 Å². The van der Waals surface area contributed by atoms with Crippen molar-refractivity contribution < 1.29 is 19.7 Å². The highest BCUT2D eigenvalue weighted by Gasteiger charge is 2.41. The Labute approximate surface area is 253 Å². The van der Waals surface area contributed by atoms with Crippen molar-refractivity contribution in [1.29, 1.82) is 0 Å². The van der Waals surface area contributed by atoms with Gasteiger partial charge >= 0.3 is 5.97 Å². The number of carbonyl (C=O) groups excluding carboxylic acids is 1. The van der Waals surface area contributed by atoms with Crippen molar-refractivity contribution in [2.45, 2.75) is 79.8 Å². The lowest BCUT2D eigenvalue weighted by atomic mass is 9.86. The number of aliphatic hydroxyl groups is 2. The van der Waals surface area contributed by atoms with Crippen LogP contribution in [0.1, 0.15) is 73.6 Å². The fourth-order valence-electron chi connectivity index (χ4n) is 7.27. The minimum absolute atomic E-state index is 0.00486. The van der Waals surface area contributed by atoms with Crippen molar-refractivity contribution in [3.63, 3.8) is 0 Å². The normalized spacial score (nSPS) is 25.2. The van der Waals surface area contributed by atoms with E-state index in [1.807, 2.05) is 13.0 Å². The van der Waals surface area contributed by atoms with Crippen LogP contribution < -0.4 is 5.32 Å². The lowest BCUT2D eigenvalue weighted by Crippen LogP contribution is -2.16. The Balaban J connectivity index is 1.61. The molecule has 0 amide bonds. The number of hydrogen-bond donors (Lipinski definition) is 3. The number of methoxy groups -OCH3 is 1. The highest BCUT2D eigenvalue weighted by atomic mass is 16.5. The van der Waals surface area contributed by atoms with Gasteiger partial charge in [-0.05, 0) is 80.6 Å². The predicted octanol–water partition coefficient (Wildman–Crippen LogP) is 6.38. The third-order valence-corrected chi connectivity index (χ3v) is 9.61. The molecule has 1 unspecified atom stereocenters. The number of aliphatic imine (C=N–C) groups is 3. The molecule has 8 nitrogen and oxygen atoms in total. The summed E-state index contributed by atoms with van der Waals surface area (Å²) in [5.74, 6) is 0.128. The number of ether oxygens (including phenoxy) is 1. The van der Waals surface area contributed by atoms with E-state index in [9.17, 15) is 15.0 Å². The summed E-state index contributed by atoms with van der Waals surface area (Å²) >= 11 is 0. The summed E-state index contributed by atoms with van der Waals surface area (Å²) in [6, 6.07) is 0. The number of hydrogen-bond acceptors (Lipinski definition) is 8. The number of esters is 1. The molecular formula is C35H40N4O4. The Morgan fingerprint density at radius 1 is 1.05 bits per heavy atom. The van der Waals surface area contributed by atoms with Crippen LogP contribution in [-0.2, 0) is 9.53 Å². The SMILES string of the molecule is CCC1=C2C=C3N=C(C=C4N=C(C=C5NC(=C6CC(O)=C1C6=N2)[C@@H](CCC(=O)OC)[C@@H]5C)C(C)=C4C(C)O)C(C)=C3CC. The zero-order valence-electron chi connectivity index (χ0n) is 26.1. The maximum atomic E-state index is 12.2. The summed E-state index contributed by atoms with van der Waals surface area (Å²) in [6.07, 6.45) is 8.21. The molecule has 1 fully saturated rings.